The van der Waals surface area contributed by atoms with Gasteiger partial charge in [-0.2, -0.15) is 0 Å². The van der Waals surface area contributed by atoms with Crippen LogP contribution in [0.3, 0.4) is 0 Å². The second-order valence-electron chi connectivity index (χ2n) is 1.89. The molecule has 0 aliphatic rings. The molecule has 0 saturated heterocycles. The van der Waals surface area contributed by atoms with Gasteiger partial charge in [-0.15, -0.1) is 11.3 Å². The first-order valence-electron chi connectivity index (χ1n) is 2.79. The molecular weight excluding hydrogens is 164 g/mol. The zero-order valence-corrected chi connectivity index (χ0v) is 6.63. The molecule has 0 bridgehead atoms. The smallest absolute Gasteiger partial charge is 0.159 e. The van der Waals surface area contributed by atoms with E-state index in [1.165, 1.54) is 4.70 Å². The third-order valence-electron chi connectivity index (χ3n) is 1.22. The predicted octanol–water partition coefficient (Wildman–Crippen LogP) is 2.35. The summed E-state index contributed by atoms with van der Waals surface area (Å²) in [6.07, 6.45) is 3.54. The van der Waals surface area contributed by atoms with Crippen LogP contribution >= 0.6 is 23.6 Å². The topological polar surface area (TPSA) is 28.7 Å². The van der Waals surface area contributed by atoms with Gasteiger partial charge >= 0.3 is 0 Å². The van der Waals surface area contributed by atoms with Crippen LogP contribution in [-0.4, -0.2) is 9.97 Å². The first-order valence-corrected chi connectivity index (χ1v) is 4.01. The minimum absolute atomic E-state index is 0.808. The fraction of sp³-hybridized carbons (Fsp3) is 0. The molecule has 0 aromatic carbocycles. The summed E-state index contributed by atoms with van der Waals surface area (Å²) in [7, 11) is 0. The Balaban J connectivity index is 3.01. The Hall–Kier alpha value is -0.740. The van der Waals surface area contributed by atoms with Crippen molar-refractivity contribution >= 4 is 33.8 Å². The highest BCUT2D eigenvalue weighted by atomic mass is 32.1. The van der Waals surface area contributed by atoms with E-state index in [4.69, 9.17) is 12.2 Å². The van der Waals surface area contributed by atoms with Crippen LogP contribution in [0.5, 0.6) is 0 Å². The molecule has 0 radical (unpaired) electrons. The lowest BCUT2D eigenvalue weighted by Gasteiger charge is -1.81. The zero-order valence-electron chi connectivity index (χ0n) is 5.00. The number of aromatic amines is 1. The second-order valence-corrected chi connectivity index (χ2v) is 3.61. The summed E-state index contributed by atoms with van der Waals surface area (Å²) in [6.45, 7) is 0. The normalized spacial score (nSPS) is 10.4. The Bertz CT molecular complexity index is 365. The van der Waals surface area contributed by atoms with Gasteiger partial charge < -0.3 is 4.98 Å². The van der Waals surface area contributed by atoms with Gasteiger partial charge in [0, 0.05) is 6.20 Å². The van der Waals surface area contributed by atoms with E-state index in [0.717, 1.165) is 9.47 Å². The molecule has 0 atom stereocenters. The van der Waals surface area contributed by atoms with Crippen molar-refractivity contribution in [3.8, 4) is 0 Å². The third kappa shape index (κ3) is 0.853. The number of nitrogens with zero attached hydrogens (tertiary/aromatic N) is 1. The maximum atomic E-state index is 4.95. The summed E-state index contributed by atoms with van der Waals surface area (Å²) < 4.78 is 1.98. The van der Waals surface area contributed by atoms with Gasteiger partial charge in [0.25, 0.3) is 0 Å². The van der Waals surface area contributed by atoms with E-state index in [1.807, 2.05) is 6.07 Å². The molecule has 2 aromatic rings. The number of rotatable bonds is 0. The lowest BCUT2D eigenvalue weighted by Crippen LogP contribution is -1.68. The van der Waals surface area contributed by atoms with E-state index < -0.39 is 0 Å². The van der Waals surface area contributed by atoms with Crippen molar-refractivity contribution in [1.82, 2.24) is 9.97 Å². The number of nitrogens with one attached hydrogen (secondary N) is 1. The van der Waals surface area contributed by atoms with Crippen molar-refractivity contribution in [2.24, 2.45) is 0 Å². The van der Waals surface area contributed by atoms with Gasteiger partial charge in [-0.05, 0) is 18.3 Å². The van der Waals surface area contributed by atoms with E-state index in [1.54, 1.807) is 23.7 Å². The molecule has 2 aromatic heterocycles. The summed E-state index contributed by atoms with van der Waals surface area (Å²) in [5.74, 6) is 0. The van der Waals surface area contributed by atoms with E-state index in [0.29, 0.717) is 0 Å². The molecule has 0 unspecified atom stereocenters. The van der Waals surface area contributed by atoms with E-state index in [9.17, 15) is 0 Å². The van der Waals surface area contributed by atoms with Crippen molar-refractivity contribution in [3.05, 3.63) is 22.4 Å². The first kappa shape index (κ1) is 6.00. The maximum absolute atomic E-state index is 4.95. The fourth-order valence-electron chi connectivity index (χ4n) is 0.800. The van der Waals surface area contributed by atoms with Crippen molar-refractivity contribution in [2.45, 2.75) is 0 Å². The zero-order chi connectivity index (χ0) is 6.97. The van der Waals surface area contributed by atoms with Gasteiger partial charge in [0.2, 0.25) is 0 Å². The maximum Gasteiger partial charge on any atom is 0.159 e. The highest BCUT2D eigenvalue weighted by Crippen LogP contribution is 2.16. The number of thiazole rings is 1. The van der Waals surface area contributed by atoms with Gasteiger partial charge in [0.1, 0.15) is 0 Å². The minimum Gasteiger partial charge on any atom is -0.336 e. The quantitative estimate of drug-likeness (QED) is 0.612. The van der Waals surface area contributed by atoms with Crippen LogP contribution in [0, 0.1) is 3.95 Å². The van der Waals surface area contributed by atoms with E-state index in [2.05, 4.69) is 9.97 Å². The minimum atomic E-state index is 0.808. The number of aromatic nitrogens is 2. The van der Waals surface area contributed by atoms with E-state index >= 15 is 0 Å². The fourth-order valence-corrected chi connectivity index (χ4v) is 1.88. The van der Waals surface area contributed by atoms with Gasteiger partial charge in [-0.1, -0.05) is 0 Å². The highest BCUT2D eigenvalue weighted by molar-refractivity contribution is 7.73. The summed E-state index contributed by atoms with van der Waals surface area (Å²) >= 11 is 6.52. The molecule has 0 saturated carbocycles. The summed E-state index contributed by atoms with van der Waals surface area (Å²) in [5, 5.41) is 0. The number of hydrogen-bond donors (Lipinski definition) is 1. The van der Waals surface area contributed by atoms with Gasteiger partial charge in [-0.3, -0.25) is 4.98 Å². The first-order chi connectivity index (χ1) is 4.86. The summed E-state index contributed by atoms with van der Waals surface area (Å²) in [5.41, 5.74) is 1.03. The monoisotopic (exact) mass is 168 g/mol. The van der Waals surface area contributed by atoms with Gasteiger partial charge in [0.15, 0.2) is 3.95 Å². The van der Waals surface area contributed by atoms with Crippen molar-refractivity contribution < 1.29 is 0 Å². The Kier molecular flexibility index (Phi) is 1.28. The van der Waals surface area contributed by atoms with Crippen LogP contribution in [0.25, 0.3) is 10.2 Å². The average Bonchev–Trinajstić information content (AvgIpc) is 2.27. The molecule has 0 aliphatic heterocycles. The van der Waals surface area contributed by atoms with Crippen LogP contribution in [0.4, 0.5) is 0 Å². The van der Waals surface area contributed by atoms with Crippen LogP contribution in [-0.2, 0) is 0 Å². The molecule has 0 fully saturated rings. The molecule has 0 spiro atoms. The van der Waals surface area contributed by atoms with Crippen molar-refractivity contribution in [3.63, 3.8) is 0 Å². The Labute approximate surface area is 66.6 Å². The molecule has 0 amide bonds. The predicted molar refractivity (Wildman–Crippen MR) is 44.8 cm³/mol. The Morgan fingerprint density at radius 2 is 2.50 bits per heavy atom. The Morgan fingerprint density at radius 1 is 1.60 bits per heavy atom. The molecule has 10 heavy (non-hydrogen) atoms. The third-order valence-corrected chi connectivity index (χ3v) is 2.44. The molecule has 2 nitrogen and oxygen atoms in total. The van der Waals surface area contributed by atoms with Crippen molar-refractivity contribution in [2.75, 3.05) is 0 Å². The van der Waals surface area contributed by atoms with Gasteiger partial charge in [0.05, 0.1) is 16.4 Å². The molecule has 50 valence electrons. The van der Waals surface area contributed by atoms with Crippen molar-refractivity contribution in [1.29, 1.82) is 0 Å². The SMILES string of the molecule is S=c1[nH]c2cnccc2s1. The molecule has 2 heterocycles. The molecule has 0 aliphatic carbocycles. The van der Waals surface area contributed by atoms with E-state index in [-0.39, 0.29) is 0 Å². The molecule has 2 rings (SSSR count). The van der Waals surface area contributed by atoms with Crippen LogP contribution in [0.1, 0.15) is 0 Å². The Morgan fingerprint density at radius 3 is 3.30 bits per heavy atom. The molecule has 1 N–H and O–H groups in total. The standard InChI is InChI=1S/C6H4N2S2/c9-6-8-4-3-7-2-1-5(4)10-6/h1-3H,(H,8,9). The highest BCUT2D eigenvalue weighted by Gasteiger charge is 1.92. The molecule has 4 heteroatoms. The second kappa shape index (κ2) is 2.14. The molecular formula is C6H4N2S2. The van der Waals surface area contributed by atoms with Crippen LogP contribution in [0.2, 0.25) is 0 Å². The lowest BCUT2D eigenvalue weighted by atomic mass is 10.5. The van der Waals surface area contributed by atoms with Crippen LogP contribution < -0.4 is 0 Å². The van der Waals surface area contributed by atoms with Gasteiger partial charge in [-0.25, -0.2) is 0 Å². The summed E-state index contributed by atoms with van der Waals surface area (Å²) in [4.78, 5) is 6.98. The number of pyridine rings is 1. The largest absolute Gasteiger partial charge is 0.336 e. The van der Waals surface area contributed by atoms with Crippen LogP contribution in [0.15, 0.2) is 18.5 Å². The lowest BCUT2D eigenvalue weighted by molar-refractivity contribution is 1.33. The average molecular weight is 168 g/mol. The number of H-pyrrole nitrogens is 1. The number of fused-ring (bicyclic) bond motifs is 1. The number of hydrogen-bond acceptors (Lipinski definition) is 3. The summed E-state index contributed by atoms with van der Waals surface area (Å²) in [6, 6.07) is 1.95.